The first-order valence-corrected chi connectivity index (χ1v) is 7.48. The number of amidine groups is 1. The Morgan fingerprint density at radius 1 is 1.68 bits per heavy atom. The summed E-state index contributed by atoms with van der Waals surface area (Å²) in [5, 5.41) is 28.9. The molecule has 0 saturated carbocycles. The van der Waals surface area contributed by atoms with Gasteiger partial charge in [0.25, 0.3) is 5.91 Å². The number of halogens is 1. The van der Waals surface area contributed by atoms with Crippen molar-refractivity contribution in [3.05, 3.63) is 11.1 Å². The largest absolute Gasteiger partial charge is 0.394 e. The lowest BCUT2D eigenvalue weighted by molar-refractivity contribution is -0.121. The molecule has 0 aromatic carbocycles. The maximum absolute atomic E-state index is 12.3. The minimum absolute atomic E-state index is 0.229. The van der Waals surface area contributed by atoms with Crippen LogP contribution < -0.4 is 5.32 Å². The van der Waals surface area contributed by atoms with Crippen LogP contribution in [-0.4, -0.2) is 69.7 Å². The quantitative estimate of drug-likeness (QED) is 0.500. The number of aliphatic hydroxyl groups excluding tert-OH is 2. The standard InChI is InChI=1S/C12H14BrN5O4/c13-2-1-12-9(16-11(14)17-10(12)21)18(5-15-12)8-3-6(20)7(4-19)22-8/h1-2,5-8,19-20H,3-4H2,(H2,14,17,21)/b2-1+/t6-,7+,8+,12?/m0/s1. The summed E-state index contributed by atoms with van der Waals surface area (Å²) >= 11 is 3.13. The van der Waals surface area contributed by atoms with E-state index in [4.69, 9.17) is 15.3 Å². The van der Waals surface area contributed by atoms with E-state index in [1.807, 2.05) is 0 Å². The zero-order valence-corrected chi connectivity index (χ0v) is 12.9. The number of nitrogens with zero attached hydrogens (tertiary/aromatic N) is 3. The fourth-order valence-corrected chi connectivity index (χ4v) is 3.03. The number of rotatable bonds is 3. The lowest BCUT2D eigenvalue weighted by Gasteiger charge is -2.31. The van der Waals surface area contributed by atoms with Crippen LogP contribution in [0.2, 0.25) is 0 Å². The van der Waals surface area contributed by atoms with E-state index in [-0.39, 0.29) is 24.8 Å². The van der Waals surface area contributed by atoms with E-state index < -0.39 is 29.9 Å². The molecule has 1 saturated heterocycles. The molecule has 3 aliphatic rings. The molecule has 1 amide bonds. The number of amides is 1. The Bertz CT molecular complexity index is 606. The Morgan fingerprint density at radius 3 is 3.09 bits per heavy atom. The number of nitrogens with one attached hydrogen (secondary N) is 2. The molecule has 0 aromatic heterocycles. The van der Waals surface area contributed by atoms with Crippen molar-refractivity contribution in [3.63, 3.8) is 0 Å². The van der Waals surface area contributed by atoms with Gasteiger partial charge in [0, 0.05) is 6.42 Å². The summed E-state index contributed by atoms with van der Waals surface area (Å²) in [6, 6.07) is 0. The van der Waals surface area contributed by atoms with Gasteiger partial charge in [-0.05, 0) is 11.1 Å². The monoisotopic (exact) mass is 371 g/mol. The van der Waals surface area contributed by atoms with Gasteiger partial charge in [-0.25, -0.2) is 4.99 Å². The fraction of sp³-hybridized carbons (Fsp3) is 0.500. The molecule has 4 atom stereocenters. The number of hydrogen-bond acceptors (Lipinski definition) is 7. The molecule has 3 aliphatic heterocycles. The summed E-state index contributed by atoms with van der Waals surface area (Å²) in [5.74, 6) is -0.548. The molecule has 0 spiro atoms. The van der Waals surface area contributed by atoms with Crippen molar-refractivity contribution in [3.8, 4) is 0 Å². The maximum Gasteiger partial charge on any atom is 0.266 e. The Hall–Kier alpha value is -1.62. The van der Waals surface area contributed by atoms with Crippen molar-refractivity contribution in [2.75, 3.05) is 6.61 Å². The number of guanidine groups is 1. The van der Waals surface area contributed by atoms with Gasteiger partial charge in [-0.1, -0.05) is 15.9 Å². The molecule has 4 N–H and O–H groups in total. The third kappa shape index (κ3) is 2.19. The summed E-state index contributed by atoms with van der Waals surface area (Å²) in [6.07, 6.45) is 1.03. The molecule has 0 bridgehead atoms. The lowest BCUT2D eigenvalue weighted by atomic mass is 9.96. The number of hydrogen-bond donors (Lipinski definition) is 4. The van der Waals surface area contributed by atoms with Crippen molar-refractivity contribution in [1.82, 2.24) is 10.2 Å². The highest BCUT2D eigenvalue weighted by Gasteiger charge is 2.53. The Morgan fingerprint density at radius 2 is 2.45 bits per heavy atom. The van der Waals surface area contributed by atoms with Crippen LogP contribution in [0, 0.1) is 5.41 Å². The average molecular weight is 372 g/mol. The van der Waals surface area contributed by atoms with Crippen LogP contribution in [0.1, 0.15) is 6.42 Å². The van der Waals surface area contributed by atoms with E-state index in [2.05, 4.69) is 31.2 Å². The summed E-state index contributed by atoms with van der Waals surface area (Å²) < 4.78 is 5.57. The number of carbonyl (C=O) groups excluding carboxylic acids is 1. The molecule has 0 radical (unpaired) electrons. The zero-order valence-electron chi connectivity index (χ0n) is 11.3. The van der Waals surface area contributed by atoms with Crippen molar-refractivity contribution >= 4 is 40.0 Å². The van der Waals surface area contributed by atoms with Crippen LogP contribution >= 0.6 is 15.9 Å². The van der Waals surface area contributed by atoms with Gasteiger partial charge in [0.1, 0.15) is 12.3 Å². The number of fused-ring (bicyclic) bond motifs is 1. The maximum atomic E-state index is 12.3. The van der Waals surface area contributed by atoms with Crippen molar-refractivity contribution in [2.24, 2.45) is 9.98 Å². The minimum Gasteiger partial charge on any atom is -0.394 e. The van der Waals surface area contributed by atoms with Gasteiger partial charge in [-0.2, -0.15) is 4.99 Å². The van der Waals surface area contributed by atoms with E-state index in [0.717, 1.165) is 0 Å². The molecule has 0 aromatic rings. The topological polar surface area (TPSA) is 131 Å². The summed E-state index contributed by atoms with van der Waals surface area (Å²) in [5.41, 5.74) is -1.36. The van der Waals surface area contributed by atoms with Crippen LogP contribution in [0.25, 0.3) is 0 Å². The van der Waals surface area contributed by atoms with Gasteiger partial charge in [0.15, 0.2) is 5.84 Å². The molecule has 0 aliphatic carbocycles. The molecule has 3 rings (SSSR count). The van der Waals surface area contributed by atoms with Gasteiger partial charge in [-0.15, -0.1) is 0 Å². The fourth-order valence-electron chi connectivity index (χ4n) is 2.65. The van der Waals surface area contributed by atoms with Crippen molar-refractivity contribution in [2.45, 2.75) is 30.4 Å². The highest BCUT2D eigenvalue weighted by atomic mass is 79.9. The summed E-state index contributed by atoms with van der Waals surface area (Å²) in [4.78, 5) is 23.6. The van der Waals surface area contributed by atoms with Crippen molar-refractivity contribution < 1.29 is 19.7 Å². The second kappa shape index (κ2) is 5.54. The van der Waals surface area contributed by atoms with Gasteiger partial charge in [0.2, 0.25) is 11.5 Å². The van der Waals surface area contributed by atoms with E-state index in [1.165, 1.54) is 22.3 Å². The Balaban J connectivity index is 1.95. The van der Waals surface area contributed by atoms with Gasteiger partial charge in [0.05, 0.1) is 19.0 Å². The first-order chi connectivity index (χ1) is 10.5. The van der Waals surface area contributed by atoms with Crippen LogP contribution in [0.5, 0.6) is 0 Å². The molecule has 1 unspecified atom stereocenters. The normalized spacial score (nSPS) is 37.7. The molecule has 10 heteroatoms. The van der Waals surface area contributed by atoms with E-state index in [1.54, 1.807) is 0 Å². The highest BCUT2D eigenvalue weighted by Crippen LogP contribution is 2.32. The average Bonchev–Trinajstić information content (AvgIpc) is 3.01. The molecular formula is C12H14BrN5O4. The number of aliphatic hydroxyl groups is 2. The second-order valence-corrected chi connectivity index (χ2v) is 5.59. The van der Waals surface area contributed by atoms with E-state index in [9.17, 15) is 9.90 Å². The van der Waals surface area contributed by atoms with Gasteiger partial charge < -0.3 is 14.9 Å². The van der Waals surface area contributed by atoms with E-state index in [0.29, 0.717) is 0 Å². The number of ether oxygens (including phenoxy) is 1. The lowest BCUT2D eigenvalue weighted by Crippen LogP contribution is -2.58. The van der Waals surface area contributed by atoms with Crippen LogP contribution in [0.4, 0.5) is 0 Å². The third-order valence-electron chi connectivity index (χ3n) is 3.77. The molecule has 3 heterocycles. The predicted octanol–water partition coefficient (Wildman–Crippen LogP) is -1.09. The predicted molar refractivity (Wildman–Crippen MR) is 80.8 cm³/mol. The minimum atomic E-state index is -1.36. The van der Waals surface area contributed by atoms with E-state index >= 15 is 0 Å². The Labute approximate surface area is 134 Å². The smallest absolute Gasteiger partial charge is 0.266 e. The van der Waals surface area contributed by atoms with Gasteiger partial charge in [-0.3, -0.25) is 20.4 Å². The zero-order chi connectivity index (χ0) is 15.9. The second-order valence-electron chi connectivity index (χ2n) is 5.06. The van der Waals surface area contributed by atoms with Crippen LogP contribution in [0.15, 0.2) is 21.0 Å². The van der Waals surface area contributed by atoms with Crippen molar-refractivity contribution in [1.29, 1.82) is 5.41 Å². The summed E-state index contributed by atoms with van der Waals surface area (Å²) in [6.45, 7) is -0.308. The first kappa shape index (κ1) is 15.3. The number of aliphatic imine (C=N–C) groups is 2. The molecule has 9 nitrogen and oxygen atoms in total. The molecule has 22 heavy (non-hydrogen) atoms. The third-order valence-corrected chi connectivity index (χ3v) is 4.03. The molecule has 118 valence electrons. The SMILES string of the molecule is N=C1N=C2N([C@H]3C[C@H](O)[C@@H](CO)O3)C=NC2(/C=C/Br)C(=O)N1. The summed E-state index contributed by atoms with van der Waals surface area (Å²) in [7, 11) is 0. The van der Waals surface area contributed by atoms with Crippen LogP contribution in [-0.2, 0) is 9.53 Å². The molecular weight excluding hydrogens is 358 g/mol. The molecule has 1 fully saturated rings. The van der Waals surface area contributed by atoms with Crippen LogP contribution in [0.3, 0.4) is 0 Å². The highest BCUT2D eigenvalue weighted by molar-refractivity contribution is 9.11. The first-order valence-electron chi connectivity index (χ1n) is 6.57. The van der Waals surface area contributed by atoms with Gasteiger partial charge >= 0.3 is 0 Å². The Kier molecular flexibility index (Phi) is 3.85. The number of carbonyl (C=O) groups is 1.